The average Bonchev–Trinajstić information content (AvgIpc) is 3.12. The number of benzene rings is 3. The van der Waals surface area contributed by atoms with Gasteiger partial charge in [0.05, 0.1) is 22.2 Å². The number of para-hydroxylation sites is 2. The number of carbonyl (C=O) groups excluding carboxylic acids is 1. The van der Waals surface area contributed by atoms with Crippen LogP contribution in [0.3, 0.4) is 0 Å². The number of anilines is 2. The van der Waals surface area contributed by atoms with Crippen LogP contribution >= 0.6 is 0 Å². The number of rotatable bonds is 5. The largest absolute Gasteiger partial charge is 0.383 e. The SMILES string of the molecule is Cc1ccc(NC(=O)c2c(N)n(/N=C/c3cccc([N+](=O)[O-])c3)c3nc4ccccc4nc23)cc1. The summed E-state index contributed by atoms with van der Waals surface area (Å²) in [6, 6.07) is 20.6. The predicted octanol–water partition coefficient (Wildman–Crippen LogP) is 4.52. The van der Waals surface area contributed by atoms with Gasteiger partial charge >= 0.3 is 0 Å². The van der Waals surface area contributed by atoms with Gasteiger partial charge in [-0.2, -0.15) is 9.78 Å². The Morgan fingerprint density at radius 3 is 2.49 bits per heavy atom. The van der Waals surface area contributed by atoms with Crippen LogP contribution in [0.15, 0.2) is 77.9 Å². The Morgan fingerprint density at radius 1 is 1.06 bits per heavy atom. The fourth-order valence-electron chi connectivity index (χ4n) is 3.66. The monoisotopic (exact) mass is 465 g/mol. The standard InChI is InChI=1S/C25H19N7O3/c1-15-9-11-17(12-10-15)28-25(33)21-22-24(30-20-8-3-2-7-19(20)29-22)31(23(21)26)27-14-16-5-4-6-18(13-16)32(34)35/h2-14H,26H2,1H3,(H,28,33)/b27-14+. The Morgan fingerprint density at radius 2 is 1.77 bits per heavy atom. The Labute approximate surface area is 198 Å². The summed E-state index contributed by atoms with van der Waals surface area (Å²) in [6.45, 7) is 1.96. The highest BCUT2D eigenvalue weighted by Gasteiger charge is 2.24. The van der Waals surface area contributed by atoms with E-state index in [1.165, 1.54) is 23.0 Å². The van der Waals surface area contributed by atoms with Crippen LogP contribution in [0.5, 0.6) is 0 Å². The molecular weight excluding hydrogens is 446 g/mol. The molecule has 0 radical (unpaired) electrons. The van der Waals surface area contributed by atoms with Gasteiger partial charge in [0.1, 0.15) is 16.9 Å². The molecular formula is C25H19N7O3. The van der Waals surface area contributed by atoms with E-state index in [9.17, 15) is 14.9 Å². The maximum absolute atomic E-state index is 13.3. The van der Waals surface area contributed by atoms with Gasteiger partial charge in [-0.1, -0.05) is 42.0 Å². The van der Waals surface area contributed by atoms with E-state index in [4.69, 9.17) is 5.73 Å². The third-order valence-electron chi connectivity index (χ3n) is 5.41. The second-order valence-electron chi connectivity index (χ2n) is 7.87. The summed E-state index contributed by atoms with van der Waals surface area (Å²) >= 11 is 0. The second-order valence-corrected chi connectivity index (χ2v) is 7.87. The molecule has 10 nitrogen and oxygen atoms in total. The van der Waals surface area contributed by atoms with Crippen LogP contribution in [-0.4, -0.2) is 31.7 Å². The number of nitro benzene ring substituents is 1. The van der Waals surface area contributed by atoms with Gasteiger partial charge in [0, 0.05) is 23.4 Å². The van der Waals surface area contributed by atoms with Gasteiger partial charge in [-0.05, 0) is 31.2 Å². The maximum Gasteiger partial charge on any atom is 0.270 e. The smallest absolute Gasteiger partial charge is 0.270 e. The first kappa shape index (κ1) is 21.7. The molecule has 3 N–H and O–H groups in total. The first-order valence-corrected chi connectivity index (χ1v) is 10.6. The van der Waals surface area contributed by atoms with E-state index in [2.05, 4.69) is 20.4 Å². The van der Waals surface area contributed by atoms with Crippen LogP contribution in [0, 0.1) is 17.0 Å². The van der Waals surface area contributed by atoms with Gasteiger partial charge < -0.3 is 11.1 Å². The Hall–Kier alpha value is -5.12. The molecule has 172 valence electrons. The van der Waals surface area contributed by atoms with Gasteiger partial charge in [0.15, 0.2) is 5.65 Å². The molecule has 35 heavy (non-hydrogen) atoms. The molecule has 0 aliphatic rings. The maximum atomic E-state index is 13.3. The highest BCUT2D eigenvalue weighted by molar-refractivity contribution is 6.16. The lowest BCUT2D eigenvalue weighted by Crippen LogP contribution is -2.14. The highest BCUT2D eigenvalue weighted by atomic mass is 16.6. The Balaban J connectivity index is 1.64. The van der Waals surface area contributed by atoms with Crippen molar-refractivity contribution < 1.29 is 9.72 Å². The van der Waals surface area contributed by atoms with E-state index < -0.39 is 10.8 Å². The van der Waals surface area contributed by atoms with Crippen molar-refractivity contribution in [1.29, 1.82) is 0 Å². The van der Waals surface area contributed by atoms with E-state index in [0.717, 1.165) is 5.56 Å². The first-order valence-electron chi connectivity index (χ1n) is 10.6. The molecule has 3 aromatic carbocycles. The molecule has 0 atom stereocenters. The predicted molar refractivity (Wildman–Crippen MR) is 135 cm³/mol. The number of hydrogen-bond donors (Lipinski definition) is 2. The molecule has 0 aliphatic heterocycles. The van der Waals surface area contributed by atoms with Crippen molar-refractivity contribution in [3.8, 4) is 0 Å². The number of aromatic nitrogens is 3. The fourth-order valence-corrected chi connectivity index (χ4v) is 3.66. The third-order valence-corrected chi connectivity index (χ3v) is 5.41. The van der Waals surface area contributed by atoms with Crippen LogP contribution in [0.2, 0.25) is 0 Å². The molecule has 0 saturated carbocycles. The van der Waals surface area contributed by atoms with Crippen LogP contribution in [0.25, 0.3) is 22.2 Å². The number of hydrogen-bond acceptors (Lipinski definition) is 7. The van der Waals surface area contributed by atoms with Crippen LogP contribution in [0.4, 0.5) is 17.2 Å². The van der Waals surface area contributed by atoms with Crippen molar-refractivity contribution >= 4 is 51.5 Å². The summed E-state index contributed by atoms with van der Waals surface area (Å²) < 4.78 is 1.32. The summed E-state index contributed by atoms with van der Waals surface area (Å²) in [4.78, 5) is 33.2. The summed E-state index contributed by atoms with van der Waals surface area (Å²) in [7, 11) is 0. The third kappa shape index (κ3) is 4.15. The molecule has 5 rings (SSSR count). The molecule has 0 bridgehead atoms. The van der Waals surface area contributed by atoms with Gasteiger partial charge in [0.2, 0.25) is 0 Å². The van der Waals surface area contributed by atoms with Crippen molar-refractivity contribution in [2.24, 2.45) is 5.10 Å². The molecule has 0 spiro atoms. The van der Waals surface area contributed by atoms with Crippen molar-refractivity contribution in [3.63, 3.8) is 0 Å². The van der Waals surface area contributed by atoms with Crippen LogP contribution < -0.4 is 11.1 Å². The molecule has 0 aliphatic carbocycles. The zero-order valence-corrected chi connectivity index (χ0v) is 18.5. The number of nitrogens with zero attached hydrogens (tertiary/aromatic N) is 5. The molecule has 2 aromatic heterocycles. The zero-order chi connectivity index (χ0) is 24.5. The van der Waals surface area contributed by atoms with Gasteiger partial charge in [-0.3, -0.25) is 14.9 Å². The van der Waals surface area contributed by atoms with E-state index >= 15 is 0 Å². The number of nitrogens with one attached hydrogen (secondary N) is 1. The molecule has 2 heterocycles. The lowest BCUT2D eigenvalue weighted by molar-refractivity contribution is -0.384. The number of nitro groups is 1. The van der Waals surface area contributed by atoms with Crippen molar-refractivity contribution in [1.82, 2.24) is 14.6 Å². The van der Waals surface area contributed by atoms with Gasteiger partial charge in [0.25, 0.3) is 11.6 Å². The van der Waals surface area contributed by atoms with Gasteiger partial charge in [-0.15, -0.1) is 0 Å². The topological polar surface area (TPSA) is 141 Å². The second kappa shape index (κ2) is 8.67. The lowest BCUT2D eigenvalue weighted by Gasteiger charge is -2.06. The van der Waals surface area contributed by atoms with E-state index in [0.29, 0.717) is 27.8 Å². The minimum Gasteiger partial charge on any atom is -0.383 e. The minimum absolute atomic E-state index is 0.0431. The number of fused-ring (bicyclic) bond motifs is 2. The normalized spacial score (nSPS) is 11.3. The summed E-state index contributed by atoms with van der Waals surface area (Å²) in [5, 5.41) is 18.3. The summed E-state index contributed by atoms with van der Waals surface area (Å²) in [5.41, 5.74) is 10.4. The minimum atomic E-state index is -0.484. The van der Waals surface area contributed by atoms with E-state index in [1.54, 1.807) is 36.4 Å². The number of non-ortho nitro benzene ring substituents is 1. The number of nitrogen functional groups attached to an aromatic ring is 1. The molecule has 1 amide bonds. The highest BCUT2D eigenvalue weighted by Crippen LogP contribution is 2.29. The molecule has 0 saturated heterocycles. The first-order chi connectivity index (χ1) is 16.9. The molecule has 5 aromatic rings. The van der Waals surface area contributed by atoms with Crippen molar-refractivity contribution in [2.75, 3.05) is 11.1 Å². The number of aryl methyl sites for hydroxylation is 1. The number of carbonyl (C=O) groups is 1. The number of amides is 1. The van der Waals surface area contributed by atoms with E-state index in [-0.39, 0.29) is 22.7 Å². The number of nitrogens with two attached hydrogens (primary N) is 1. The van der Waals surface area contributed by atoms with E-state index in [1.807, 2.05) is 31.2 Å². The molecule has 0 fully saturated rings. The van der Waals surface area contributed by atoms with Crippen LogP contribution in [-0.2, 0) is 0 Å². The Kier molecular flexibility index (Phi) is 5.38. The summed E-state index contributed by atoms with van der Waals surface area (Å²) in [6.07, 6.45) is 1.42. The fraction of sp³-hybridized carbons (Fsp3) is 0.0400. The Bertz CT molecular complexity index is 1640. The van der Waals surface area contributed by atoms with Crippen LogP contribution in [0.1, 0.15) is 21.5 Å². The van der Waals surface area contributed by atoms with Crippen molar-refractivity contribution in [3.05, 3.63) is 99.6 Å². The molecule has 0 unspecified atom stereocenters. The van der Waals surface area contributed by atoms with Crippen molar-refractivity contribution in [2.45, 2.75) is 6.92 Å². The molecule has 10 heteroatoms. The van der Waals surface area contributed by atoms with Gasteiger partial charge in [-0.25, -0.2) is 9.97 Å². The average molecular weight is 465 g/mol. The lowest BCUT2D eigenvalue weighted by atomic mass is 10.2. The summed E-state index contributed by atoms with van der Waals surface area (Å²) in [5.74, 6) is -0.410. The quantitative estimate of drug-likeness (QED) is 0.222. The zero-order valence-electron chi connectivity index (χ0n) is 18.5.